The molecule has 0 saturated heterocycles. The number of nitrogens with two attached hydrogens (primary N) is 1. The van der Waals surface area contributed by atoms with E-state index in [1.807, 2.05) is 12.2 Å². The molecule has 0 aliphatic heterocycles. The molecule has 0 radical (unpaired) electrons. The number of hydrogen-bond donors (Lipinski definition) is 3. The Bertz CT molecular complexity index is 484. The Hall–Kier alpha value is -1.76. The smallest absolute Gasteiger partial charge is 0.415 e. The van der Waals surface area contributed by atoms with Crippen molar-refractivity contribution in [1.82, 2.24) is 0 Å². The molecule has 0 aliphatic carbocycles. The Balaban J connectivity index is 3.00. The van der Waals surface area contributed by atoms with Crippen LogP contribution in [0.4, 0.5) is 18.9 Å². The first-order valence-corrected chi connectivity index (χ1v) is 5.58. The molecule has 0 spiro atoms. The lowest BCUT2D eigenvalue weighted by molar-refractivity contribution is -0.184. The van der Waals surface area contributed by atoms with Gasteiger partial charge in [-0.15, -0.1) is 0 Å². The first-order chi connectivity index (χ1) is 8.59. The quantitative estimate of drug-likeness (QED) is 0.741. The number of halogens is 3. The third-order valence-corrected chi connectivity index (χ3v) is 2.78. The van der Waals surface area contributed by atoms with E-state index in [-0.39, 0.29) is 11.4 Å². The summed E-state index contributed by atoms with van der Waals surface area (Å²) in [5.41, 5.74) is 2.63. The number of rotatable bonds is 3. The molecule has 4 nitrogen and oxygen atoms in total. The van der Waals surface area contributed by atoms with Crippen molar-refractivity contribution in [2.45, 2.75) is 32.0 Å². The Morgan fingerprint density at radius 2 is 2.00 bits per heavy atom. The minimum Gasteiger partial charge on any atom is -0.506 e. The van der Waals surface area contributed by atoms with Gasteiger partial charge in [0.15, 0.2) is 5.54 Å². The molecule has 1 unspecified atom stereocenters. The first kappa shape index (κ1) is 15.3. The predicted molar refractivity (Wildman–Crippen MR) is 64.8 cm³/mol. The van der Waals surface area contributed by atoms with Gasteiger partial charge in [-0.3, -0.25) is 4.79 Å². The van der Waals surface area contributed by atoms with Crippen LogP contribution in [-0.4, -0.2) is 22.7 Å². The molecule has 0 heterocycles. The number of anilines is 1. The van der Waals surface area contributed by atoms with E-state index < -0.39 is 17.6 Å². The number of carbonyl (C=O) groups is 1. The van der Waals surface area contributed by atoms with E-state index in [9.17, 15) is 23.1 Å². The monoisotopic (exact) mass is 276 g/mol. The SMILES string of the molecule is CCc1ccc(O)c(NC(=O)C(C)(N)C(F)(F)F)c1. The lowest BCUT2D eigenvalue weighted by Crippen LogP contribution is -2.59. The van der Waals surface area contributed by atoms with Crippen LogP contribution in [0.3, 0.4) is 0 Å². The molecule has 0 aliphatic rings. The van der Waals surface area contributed by atoms with Crippen LogP contribution in [0.2, 0.25) is 0 Å². The molecule has 1 amide bonds. The maximum absolute atomic E-state index is 12.6. The Morgan fingerprint density at radius 1 is 1.42 bits per heavy atom. The zero-order valence-corrected chi connectivity index (χ0v) is 10.5. The summed E-state index contributed by atoms with van der Waals surface area (Å²) in [4.78, 5) is 11.6. The second kappa shape index (κ2) is 5.08. The zero-order valence-electron chi connectivity index (χ0n) is 10.5. The number of phenols is 1. The van der Waals surface area contributed by atoms with Gasteiger partial charge < -0.3 is 16.2 Å². The first-order valence-electron chi connectivity index (χ1n) is 5.58. The molecule has 1 aromatic carbocycles. The number of alkyl halides is 3. The van der Waals surface area contributed by atoms with Gasteiger partial charge in [0.05, 0.1) is 5.69 Å². The molecule has 0 aromatic heterocycles. The fourth-order valence-corrected chi connectivity index (χ4v) is 1.28. The molecule has 0 fully saturated rings. The number of hydrogen-bond acceptors (Lipinski definition) is 3. The van der Waals surface area contributed by atoms with Crippen LogP contribution in [0.25, 0.3) is 0 Å². The largest absolute Gasteiger partial charge is 0.506 e. The molecule has 1 rings (SSSR count). The van der Waals surface area contributed by atoms with E-state index in [4.69, 9.17) is 5.73 Å². The molecule has 106 valence electrons. The number of amides is 1. The summed E-state index contributed by atoms with van der Waals surface area (Å²) < 4.78 is 37.8. The third-order valence-electron chi connectivity index (χ3n) is 2.78. The summed E-state index contributed by atoms with van der Waals surface area (Å²) >= 11 is 0. The van der Waals surface area contributed by atoms with Crippen LogP contribution in [0, 0.1) is 0 Å². The predicted octanol–water partition coefficient (Wildman–Crippen LogP) is 2.17. The van der Waals surface area contributed by atoms with Crippen LogP contribution >= 0.6 is 0 Å². The Morgan fingerprint density at radius 3 is 2.47 bits per heavy atom. The number of aryl methyl sites for hydroxylation is 1. The van der Waals surface area contributed by atoms with E-state index in [2.05, 4.69) is 0 Å². The van der Waals surface area contributed by atoms with Gasteiger partial charge in [0.2, 0.25) is 0 Å². The van der Waals surface area contributed by atoms with Crippen LogP contribution in [0.1, 0.15) is 19.4 Å². The van der Waals surface area contributed by atoms with E-state index in [1.165, 1.54) is 12.1 Å². The van der Waals surface area contributed by atoms with Crippen molar-refractivity contribution in [2.24, 2.45) is 5.73 Å². The van der Waals surface area contributed by atoms with Crippen LogP contribution < -0.4 is 11.1 Å². The van der Waals surface area contributed by atoms with Crippen molar-refractivity contribution >= 4 is 11.6 Å². The molecular formula is C12H15F3N2O2. The van der Waals surface area contributed by atoms with Gasteiger partial charge in [-0.2, -0.15) is 13.2 Å². The van der Waals surface area contributed by atoms with Gasteiger partial charge in [-0.05, 0) is 31.0 Å². The summed E-state index contributed by atoms with van der Waals surface area (Å²) in [6.07, 6.45) is -4.27. The van der Waals surface area contributed by atoms with Crippen molar-refractivity contribution in [3.63, 3.8) is 0 Å². The van der Waals surface area contributed by atoms with E-state index in [0.717, 1.165) is 5.56 Å². The van der Waals surface area contributed by atoms with E-state index >= 15 is 0 Å². The standard InChI is InChI=1S/C12H15F3N2O2/c1-3-7-4-5-9(18)8(6-7)17-10(19)11(2,16)12(13,14)15/h4-6,18H,3,16H2,1-2H3,(H,17,19). The second-order valence-corrected chi connectivity index (χ2v) is 4.36. The molecular weight excluding hydrogens is 261 g/mol. The van der Waals surface area contributed by atoms with Crippen LogP contribution in [0.15, 0.2) is 18.2 Å². The fraction of sp³-hybridized carbons (Fsp3) is 0.417. The van der Waals surface area contributed by atoms with Crippen molar-refractivity contribution in [3.05, 3.63) is 23.8 Å². The average Bonchev–Trinajstić information content (AvgIpc) is 2.30. The lowest BCUT2D eigenvalue weighted by atomic mass is 10.0. The van der Waals surface area contributed by atoms with Crippen LogP contribution in [0.5, 0.6) is 5.75 Å². The summed E-state index contributed by atoms with van der Waals surface area (Å²) in [7, 11) is 0. The van der Waals surface area contributed by atoms with Gasteiger partial charge in [0.25, 0.3) is 5.91 Å². The Labute approximate surface area is 108 Å². The number of phenolic OH excluding ortho intramolecular Hbond substituents is 1. The normalized spacial score (nSPS) is 14.8. The maximum atomic E-state index is 12.6. The zero-order chi connectivity index (χ0) is 14.8. The van der Waals surface area contributed by atoms with E-state index in [0.29, 0.717) is 13.3 Å². The third kappa shape index (κ3) is 3.17. The molecule has 1 atom stereocenters. The van der Waals surface area contributed by atoms with Gasteiger partial charge >= 0.3 is 6.18 Å². The molecule has 0 saturated carbocycles. The number of benzene rings is 1. The van der Waals surface area contributed by atoms with Crippen molar-refractivity contribution < 1.29 is 23.1 Å². The number of nitrogens with one attached hydrogen (secondary N) is 1. The molecule has 0 bridgehead atoms. The van der Waals surface area contributed by atoms with Gasteiger partial charge in [-0.25, -0.2) is 0 Å². The summed E-state index contributed by atoms with van der Waals surface area (Å²) in [6, 6.07) is 4.31. The van der Waals surface area contributed by atoms with Gasteiger partial charge in [0.1, 0.15) is 5.75 Å². The molecule has 1 aromatic rings. The summed E-state index contributed by atoms with van der Waals surface area (Å²) in [6.45, 7) is 2.41. The average molecular weight is 276 g/mol. The van der Waals surface area contributed by atoms with Crippen molar-refractivity contribution in [3.8, 4) is 5.75 Å². The topological polar surface area (TPSA) is 75.3 Å². The highest BCUT2D eigenvalue weighted by Gasteiger charge is 2.54. The maximum Gasteiger partial charge on any atom is 0.415 e. The number of aromatic hydroxyl groups is 1. The highest BCUT2D eigenvalue weighted by molar-refractivity contribution is 5.99. The molecule has 19 heavy (non-hydrogen) atoms. The van der Waals surface area contributed by atoms with Gasteiger partial charge in [-0.1, -0.05) is 13.0 Å². The van der Waals surface area contributed by atoms with Crippen LogP contribution in [-0.2, 0) is 11.2 Å². The summed E-state index contributed by atoms with van der Waals surface area (Å²) in [5.74, 6) is -1.74. The number of carbonyl (C=O) groups excluding carboxylic acids is 1. The Kier molecular flexibility index (Phi) is 4.09. The fourth-order valence-electron chi connectivity index (χ4n) is 1.28. The highest BCUT2D eigenvalue weighted by atomic mass is 19.4. The lowest BCUT2D eigenvalue weighted by Gasteiger charge is -2.26. The minimum atomic E-state index is -4.88. The molecule has 4 N–H and O–H groups in total. The second-order valence-electron chi connectivity index (χ2n) is 4.36. The minimum absolute atomic E-state index is 0.0923. The summed E-state index contributed by atoms with van der Waals surface area (Å²) in [5, 5.41) is 11.5. The van der Waals surface area contributed by atoms with Crippen molar-refractivity contribution in [1.29, 1.82) is 0 Å². The van der Waals surface area contributed by atoms with Gasteiger partial charge in [0, 0.05) is 0 Å². The highest BCUT2D eigenvalue weighted by Crippen LogP contribution is 2.31. The van der Waals surface area contributed by atoms with Crippen molar-refractivity contribution in [2.75, 3.05) is 5.32 Å². The van der Waals surface area contributed by atoms with E-state index in [1.54, 1.807) is 6.07 Å². The molecule has 7 heteroatoms.